The minimum absolute atomic E-state index is 0.401. The molecule has 1 aromatic heterocycles. The summed E-state index contributed by atoms with van der Waals surface area (Å²) in [5.41, 5.74) is 6.06. The third kappa shape index (κ3) is 2.53. The highest BCUT2D eigenvalue weighted by Gasteiger charge is 2.25. The molecular formula is C12H17N5. The second-order valence-electron chi connectivity index (χ2n) is 4.26. The first kappa shape index (κ1) is 11.8. The monoisotopic (exact) mass is 231 g/mol. The molecule has 90 valence electrons. The van der Waals surface area contributed by atoms with E-state index in [2.05, 4.69) is 20.9 Å². The van der Waals surface area contributed by atoms with E-state index >= 15 is 0 Å². The Bertz CT molecular complexity index is 410. The first-order valence-electron chi connectivity index (χ1n) is 6.04. The van der Waals surface area contributed by atoms with Crippen LogP contribution in [0.1, 0.15) is 31.4 Å². The van der Waals surface area contributed by atoms with E-state index in [1.807, 2.05) is 0 Å². The zero-order valence-corrected chi connectivity index (χ0v) is 9.84. The Labute approximate surface area is 101 Å². The van der Waals surface area contributed by atoms with Gasteiger partial charge < -0.3 is 10.6 Å². The fraction of sp³-hybridized carbons (Fsp3) is 0.583. The van der Waals surface area contributed by atoms with Crippen LogP contribution in [-0.4, -0.2) is 29.1 Å². The average Bonchev–Trinajstić information content (AvgIpc) is 2.40. The average molecular weight is 231 g/mol. The summed E-state index contributed by atoms with van der Waals surface area (Å²) in [5.74, 6) is 0.716. The molecule has 1 aliphatic heterocycles. The Morgan fingerprint density at radius 2 is 2.24 bits per heavy atom. The molecule has 1 saturated heterocycles. The Morgan fingerprint density at radius 1 is 1.41 bits per heavy atom. The predicted octanol–water partition coefficient (Wildman–Crippen LogP) is 1.06. The van der Waals surface area contributed by atoms with Crippen molar-refractivity contribution in [2.24, 2.45) is 5.73 Å². The molecule has 1 fully saturated rings. The first-order valence-corrected chi connectivity index (χ1v) is 6.04. The van der Waals surface area contributed by atoms with Crippen LogP contribution in [-0.2, 0) is 0 Å². The molecule has 1 atom stereocenters. The molecular weight excluding hydrogens is 214 g/mol. The molecule has 0 radical (unpaired) electrons. The van der Waals surface area contributed by atoms with Gasteiger partial charge in [-0.3, -0.25) is 0 Å². The molecule has 0 spiro atoms. The molecule has 1 aliphatic rings. The van der Waals surface area contributed by atoms with Crippen LogP contribution in [0.5, 0.6) is 0 Å². The molecule has 17 heavy (non-hydrogen) atoms. The Hall–Kier alpha value is -1.67. The summed E-state index contributed by atoms with van der Waals surface area (Å²) in [5, 5.41) is 9.06. The van der Waals surface area contributed by atoms with Gasteiger partial charge in [-0.15, -0.1) is 0 Å². The van der Waals surface area contributed by atoms with Gasteiger partial charge in [0.15, 0.2) is 11.5 Å². The highest BCUT2D eigenvalue weighted by atomic mass is 15.2. The van der Waals surface area contributed by atoms with E-state index in [-0.39, 0.29) is 0 Å². The summed E-state index contributed by atoms with van der Waals surface area (Å²) in [6.45, 7) is 1.61. The SMILES string of the molecule is N#Cc1nccnc1N1CCCCC1CCN. The molecule has 1 aromatic rings. The van der Waals surface area contributed by atoms with Gasteiger partial charge in [0.05, 0.1) is 0 Å². The van der Waals surface area contributed by atoms with E-state index < -0.39 is 0 Å². The van der Waals surface area contributed by atoms with Crippen LogP contribution in [0.15, 0.2) is 12.4 Å². The first-order chi connectivity index (χ1) is 8.36. The number of nitrogens with two attached hydrogens (primary N) is 1. The lowest BCUT2D eigenvalue weighted by Crippen LogP contribution is -2.41. The van der Waals surface area contributed by atoms with Crippen molar-refractivity contribution >= 4 is 5.82 Å². The van der Waals surface area contributed by atoms with E-state index in [1.165, 1.54) is 6.42 Å². The van der Waals surface area contributed by atoms with Crippen molar-refractivity contribution in [3.8, 4) is 6.07 Å². The molecule has 0 bridgehead atoms. The molecule has 2 rings (SSSR count). The summed E-state index contributed by atoms with van der Waals surface area (Å²) in [7, 11) is 0. The van der Waals surface area contributed by atoms with Crippen LogP contribution < -0.4 is 10.6 Å². The van der Waals surface area contributed by atoms with E-state index in [0.29, 0.717) is 24.1 Å². The van der Waals surface area contributed by atoms with E-state index in [4.69, 9.17) is 11.0 Å². The lowest BCUT2D eigenvalue weighted by molar-refractivity contribution is 0.438. The zero-order chi connectivity index (χ0) is 12.1. The molecule has 5 nitrogen and oxygen atoms in total. The molecule has 5 heteroatoms. The molecule has 0 amide bonds. The van der Waals surface area contributed by atoms with Crippen molar-refractivity contribution in [2.45, 2.75) is 31.7 Å². The van der Waals surface area contributed by atoms with Crippen LogP contribution in [0, 0.1) is 11.3 Å². The predicted molar refractivity (Wildman–Crippen MR) is 65.4 cm³/mol. The number of rotatable bonds is 3. The van der Waals surface area contributed by atoms with Gasteiger partial charge in [-0.05, 0) is 32.2 Å². The highest BCUT2D eigenvalue weighted by Crippen LogP contribution is 2.26. The summed E-state index contributed by atoms with van der Waals surface area (Å²) >= 11 is 0. The summed E-state index contributed by atoms with van der Waals surface area (Å²) in [4.78, 5) is 10.6. The van der Waals surface area contributed by atoms with E-state index in [0.717, 1.165) is 25.8 Å². The maximum Gasteiger partial charge on any atom is 0.183 e. The summed E-state index contributed by atoms with van der Waals surface area (Å²) in [6, 6.07) is 2.51. The smallest absolute Gasteiger partial charge is 0.183 e. The lowest BCUT2D eigenvalue weighted by atomic mass is 9.99. The van der Waals surface area contributed by atoms with Gasteiger partial charge in [0.1, 0.15) is 6.07 Å². The number of nitriles is 1. The number of piperidine rings is 1. The minimum atomic E-state index is 0.401. The van der Waals surface area contributed by atoms with Crippen molar-refractivity contribution < 1.29 is 0 Å². The Balaban J connectivity index is 2.26. The van der Waals surface area contributed by atoms with Crippen molar-refractivity contribution in [2.75, 3.05) is 18.0 Å². The van der Waals surface area contributed by atoms with Gasteiger partial charge in [0, 0.05) is 25.0 Å². The topological polar surface area (TPSA) is 78.8 Å². The maximum absolute atomic E-state index is 9.06. The highest BCUT2D eigenvalue weighted by molar-refractivity contribution is 5.50. The zero-order valence-electron chi connectivity index (χ0n) is 9.84. The third-order valence-corrected chi connectivity index (χ3v) is 3.18. The molecule has 0 saturated carbocycles. The van der Waals surface area contributed by atoms with Crippen molar-refractivity contribution in [3.63, 3.8) is 0 Å². The fourth-order valence-electron chi connectivity index (χ4n) is 2.39. The molecule has 0 aliphatic carbocycles. The molecule has 0 aromatic carbocycles. The van der Waals surface area contributed by atoms with Crippen LogP contribution >= 0.6 is 0 Å². The minimum Gasteiger partial charge on any atom is -0.351 e. The second kappa shape index (κ2) is 5.60. The van der Waals surface area contributed by atoms with Crippen LogP contribution in [0.25, 0.3) is 0 Å². The fourth-order valence-corrected chi connectivity index (χ4v) is 2.39. The van der Waals surface area contributed by atoms with Gasteiger partial charge in [0.2, 0.25) is 0 Å². The second-order valence-corrected chi connectivity index (χ2v) is 4.26. The molecule has 1 unspecified atom stereocenters. The number of nitrogens with zero attached hydrogens (tertiary/aromatic N) is 4. The van der Waals surface area contributed by atoms with E-state index in [1.54, 1.807) is 12.4 Å². The summed E-state index contributed by atoms with van der Waals surface area (Å²) in [6.07, 6.45) is 7.64. The van der Waals surface area contributed by atoms with Crippen LogP contribution in [0.3, 0.4) is 0 Å². The lowest BCUT2D eigenvalue weighted by Gasteiger charge is -2.36. The number of hydrogen-bond donors (Lipinski definition) is 1. The van der Waals surface area contributed by atoms with Gasteiger partial charge in [0.25, 0.3) is 0 Å². The van der Waals surface area contributed by atoms with Crippen molar-refractivity contribution in [1.82, 2.24) is 9.97 Å². The molecule has 2 N–H and O–H groups in total. The van der Waals surface area contributed by atoms with Gasteiger partial charge in [-0.1, -0.05) is 0 Å². The Kier molecular flexibility index (Phi) is 3.89. The van der Waals surface area contributed by atoms with Crippen LogP contribution in [0.4, 0.5) is 5.82 Å². The number of hydrogen-bond acceptors (Lipinski definition) is 5. The third-order valence-electron chi connectivity index (χ3n) is 3.18. The largest absolute Gasteiger partial charge is 0.351 e. The quantitative estimate of drug-likeness (QED) is 0.841. The maximum atomic E-state index is 9.06. The standard InChI is InChI=1S/C12H17N5/c13-5-4-10-3-1-2-8-17(10)12-11(9-14)15-6-7-16-12/h6-7,10H,1-5,8,13H2. The van der Waals surface area contributed by atoms with Crippen LogP contribution in [0.2, 0.25) is 0 Å². The van der Waals surface area contributed by atoms with Gasteiger partial charge >= 0.3 is 0 Å². The van der Waals surface area contributed by atoms with Gasteiger partial charge in [-0.25, -0.2) is 9.97 Å². The summed E-state index contributed by atoms with van der Waals surface area (Å²) < 4.78 is 0. The Morgan fingerprint density at radius 3 is 3.00 bits per heavy atom. The van der Waals surface area contributed by atoms with Crippen molar-refractivity contribution in [3.05, 3.63) is 18.1 Å². The number of anilines is 1. The van der Waals surface area contributed by atoms with E-state index in [9.17, 15) is 0 Å². The van der Waals surface area contributed by atoms with Gasteiger partial charge in [-0.2, -0.15) is 5.26 Å². The molecule has 2 heterocycles. The normalized spacial score (nSPS) is 20.0. The van der Waals surface area contributed by atoms with Crippen molar-refractivity contribution in [1.29, 1.82) is 5.26 Å². The number of aromatic nitrogens is 2.